The lowest BCUT2D eigenvalue weighted by molar-refractivity contribution is -0.141. The van der Waals surface area contributed by atoms with Crippen molar-refractivity contribution in [1.29, 1.82) is 0 Å². The van der Waals surface area contributed by atoms with Crippen LogP contribution in [0.4, 0.5) is 13.2 Å². The summed E-state index contributed by atoms with van der Waals surface area (Å²) in [5, 5.41) is 3.77. The van der Waals surface area contributed by atoms with Crippen LogP contribution < -0.4 is 11.9 Å². The van der Waals surface area contributed by atoms with E-state index in [4.69, 9.17) is 5.73 Å². The van der Waals surface area contributed by atoms with Gasteiger partial charge in [0.05, 0.1) is 11.4 Å². The third-order valence-corrected chi connectivity index (χ3v) is 3.76. The monoisotopic (exact) mass is 384 g/mol. The average molecular weight is 385 g/mol. The van der Waals surface area contributed by atoms with Gasteiger partial charge in [-0.3, -0.25) is 0 Å². The third kappa shape index (κ3) is 4.43. The zero-order valence-corrected chi connectivity index (χ0v) is 14.9. The number of hydrogen-bond donors (Lipinski definition) is 2. The van der Waals surface area contributed by atoms with Gasteiger partial charge in [0, 0.05) is 12.1 Å². The first-order valence-electron chi connectivity index (χ1n) is 7.42. The van der Waals surface area contributed by atoms with Crippen LogP contribution in [0, 0.1) is 6.92 Å². The molecule has 0 atom stereocenters. The van der Waals surface area contributed by atoms with Crippen LogP contribution in [0.25, 0.3) is 16.9 Å². The highest BCUT2D eigenvalue weighted by Crippen LogP contribution is 2.33. The van der Waals surface area contributed by atoms with Gasteiger partial charge < -0.3 is 11.9 Å². The summed E-state index contributed by atoms with van der Waals surface area (Å²) in [6.45, 7) is 2.30. The average Bonchev–Trinajstić information content (AvgIpc) is 3.01. The Bertz CT molecular complexity index is 840. The molecule has 0 aliphatic carbocycles. The van der Waals surface area contributed by atoms with Gasteiger partial charge in [0.2, 0.25) is 0 Å². The van der Waals surface area contributed by atoms with Gasteiger partial charge in [0.25, 0.3) is 0 Å². The Morgan fingerprint density at radius 3 is 2.08 bits per heavy atom. The molecule has 3 rings (SSSR count). The van der Waals surface area contributed by atoms with E-state index in [1.165, 1.54) is 4.68 Å². The van der Waals surface area contributed by atoms with E-state index >= 15 is 0 Å². The van der Waals surface area contributed by atoms with Crippen molar-refractivity contribution in [2.45, 2.75) is 19.6 Å². The molecule has 1 heterocycles. The zero-order valence-electron chi connectivity index (χ0n) is 14.1. The molecule has 4 nitrogen and oxygen atoms in total. The maximum absolute atomic E-state index is 13.1. The lowest BCUT2D eigenvalue weighted by Crippen LogP contribution is -2.07. The Morgan fingerprint density at radius 1 is 1.00 bits per heavy atom. The first-order chi connectivity index (χ1) is 11.4. The van der Waals surface area contributed by atoms with Crippen molar-refractivity contribution in [2.75, 3.05) is 0 Å². The predicted octanol–water partition coefficient (Wildman–Crippen LogP) is 4.91. The molecule has 0 radical (unpaired) electrons. The van der Waals surface area contributed by atoms with Crippen molar-refractivity contribution in [3.63, 3.8) is 0 Å². The molecule has 26 heavy (non-hydrogen) atoms. The highest BCUT2D eigenvalue weighted by atomic mass is 35.5. The molecular weight excluding hydrogens is 365 g/mol. The molecule has 0 saturated heterocycles. The number of alkyl halides is 3. The Labute approximate surface area is 155 Å². The molecule has 0 aliphatic heterocycles. The zero-order chi connectivity index (χ0) is 17.3. The third-order valence-electron chi connectivity index (χ3n) is 3.76. The second kappa shape index (κ2) is 8.35. The van der Waals surface area contributed by atoms with Crippen LogP contribution in [0.1, 0.15) is 16.8 Å². The van der Waals surface area contributed by atoms with Gasteiger partial charge in [-0.15, -0.1) is 12.4 Å². The minimum atomic E-state index is -4.50. The summed E-state index contributed by atoms with van der Waals surface area (Å²) < 4.78 is 40.6. The Hall–Kier alpha value is -2.35. The summed E-state index contributed by atoms with van der Waals surface area (Å²) in [6.07, 6.45) is -4.50. The number of rotatable bonds is 3. The van der Waals surface area contributed by atoms with E-state index in [9.17, 15) is 13.2 Å². The number of halogens is 4. The summed E-state index contributed by atoms with van der Waals surface area (Å²) in [5.74, 6) is 0. The van der Waals surface area contributed by atoms with Gasteiger partial charge in [0.1, 0.15) is 0 Å². The summed E-state index contributed by atoms with van der Waals surface area (Å²) in [6, 6.07) is 15.4. The lowest BCUT2D eigenvalue weighted by Gasteiger charge is -2.09. The second-order valence-electron chi connectivity index (χ2n) is 5.56. The van der Waals surface area contributed by atoms with Gasteiger partial charge >= 0.3 is 6.18 Å². The van der Waals surface area contributed by atoms with Gasteiger partial charge in [-0.25, -0.2) is 4.68 Å². The number of nitrogens with zero attached hydrogens (tertiary/aromatic N) is 2. The van der Waals surface area contributed by atoms with E-state index in [-0.39, 0.29) is 18.6 Å². The molecule has 0 unspecified atom stereocenters. The molecule has 0 spiro atoms. The second-order valence-corrected chi connectivity index (χ2v) is 5.56. The molecule has 0 aliphatic rings. The highest BCUT2D eigenvalue weighted by molar-refractivity contribution is 5.85. The van der Waals surface area contributed by atoms with E-state index in [2.05, 4.69) is 5.10 Å². The Kier molecular flexibility index (Phi) is 6.97. The van der Waals surface area contributed by atoms with E-state index in [0.717, 1.165) is 17.2 Å². The summed E-state index contributed by atoms with van der Waals surface area (Å²) in [5.41, 5.74) is 8.20. The van der Waals surface area contributed by atoms with Gasteiger partial charge in [-0.2, -0.15) is 18.3 Å². The van der Waals surface area contributed by atoms with Crippen molar-refractivity contribution >= 4 is 12.4 Å². The molecule has 3 aromatic rings. The fourth-order valence-electron chi connectivity index (χ4n) is 2.42. The summed E-state index contributed by atoms with van der Waals surface area (Å²) in [4.78, 5) is 0. The lowest BCUT2D eigenvalue weighted by atomic mass is 10.1. The van der Waals surface area contributed by atoms with Crippen LogP contribution in [-0.4, -0.2) is 9.78 Å². The smallest absolute Gasteiger partial charge is 0.344 e. The predicted molar refractivity (Wildman–Crippen MR) is 98.9 cm³/mol. The molecule has 1 aromatic heterocycles. The van der Waals surface area contributed by atoms with Crippen molar-refractivity contribution in [3.05, 3.63) is 71.4 Å². The number of nitrogens with two attached hydrogens (primary N) is 1. The molecule has 0 amide bonds. The van der Waals surface area contributed by atoms with Crippen molar-refractivity contribution in [2.24, 2.45) is 5.73 Å². The number of benzene rings is 2. The van der Waals surface area contributed by atoms with Crippen LogP contribution >= 0.6 is 12.4 Å². The molecule has 140 valence electrons. The van der Waals surface area contributed by atoms with E-state index < -0.39 is 11.9 Å². The van der Waals surface area contributed by atoms with Gasteiger partial charge in [-0.1, -0.05) is 42.0 Å². The molecule has 2 aromatic carbocycles. The standard InChI is InChI=1S/C18H16F3N3.ClH.H3N/c1-12-2-6-14(7-3-12)16-10-17(18(19,20)21)23-24(16)15-8-4-13(11-22)5-9-15;;/h2-10H,11,22H2,1H3;1H;1H3. The fourth-order valence-corrected chi connectivity index (χ4v) is 2.42. The van der Waals surface area contributed by atoms with E-state index in [1.54, 1.807) is 36.4 Å². The topological polar surface area (TPSA) is 78.8 Å². The number of aromatic nitrogens is 2. The first-order valence-corrected chi connectivity index (χ1v) is 7.42. The molecule has 5 N–H and O–H groups in total. The molecule has 0 bridgehead atoms. The summed E-state index contributed by atoms with van der Waals surface area (Å²) >= 11 is 0. The van der Waals surface area contributed by atoms with E-state index in [1.807, 2.05) is 19.1 Å². The van der Waals surface area contributed by atoms with Crippen molar-refractivity contribution in [1.82, 2.24) is 15.9 Å². The van der Waals surface area contributed by atoms with Crippen molar-refractivity contribution in [3.8, 4) is 16.9 Å². The molecule has 0 fully saturated rings. The van der Waals surface area contributed by atoms with Crippen LogP contribution in [0.3, 0.4) is 0 Å². The minimum Gasteiger partial charge on any atom is -0.344 e. The first kappa shape index (κ1) is 21.7. The quantitative estimate of drug-likeness (QED) is 0.673. The van der Waals surface area contributed by atoms with Gasteiger partial charge in [0.15, 0.2) is 5.69 Å². The van der Waals surface area contributed by atoms with Crippen LogP contribution in [0.5, 0.6) is 0 Å². The molecular formula is C18H20ClF3N4. The minimum absolute atomic E-state index is 0. The molecule has 8 heteroatoms. The highest BCUT2D eigenvalue weighted by Gasteiger charge is 2.35. The van der Waals surface area contributed by atoms with Crippen LogP contribution in [-0.2, 0) is 12.7 Å². The summed E-state index contributed by atoms with van der Waals surface area (Å²) in [7, 11) is 0. The van der Waals surface area contributed by atoms with Crippen LogP contribution in [0.15, 0.2) is 54.6 Å². The van der Waals surface area contributed by atoms with E-state index in [0.29, 0.717) is 23.5 Å². The maximum atomic E-state index is 13.1. The largest absolute Gasteiger partial charge is 0.435 e. The fraction of sp³-hybridized carbons (Fsp3) is 0.167. The molecule has 0 saturated carbocycles. The Morgan fingerprint density at radius 2 is 1.58 bits per heavy atom. The van der Waals surface area contributed by atoms with Crippen LogP contribution in [0.2, 0.25) is 0 Å². The Balaban J connectivity index is 0.00000169. The van der Waals surface area contributed by atoms with Crippen molar-refractivity contribution < 1.29 is 13.2 Å². The normalized spacial score (nSPS) is 10.8. The number of hydrogen-bond acceptors (Lipinski definition) is 3. The SMILES string of the molecule is Cc1ccc(-c2cc(C(F)(F)F)nn2-c2ccc(CN)cc2)cc1.Cl.N. The number of aryl methyl sites for hydroxylation is 1. The maximum Gasteiger partial charge on any atom is 0.435 e. The van der Waals surface area contributed by atoms with Gasteiger partial charge in [-0.05, 0) is 30.7 Å².